The fraction of sp³-hybridized carbons (Fsp3) is 0.286. The Bertz CT molecular complexity index is 1210. The number of amides is 1. The van der Waals surface area contributed by atoms with Crippen molar-refractivity contribution in [1.29, 1.82) is 0 Å². The number of rotatable bonds is 8. The van der Waals surface area contributed by atoms with Gasteiger partial charge in [-0.2, -0.15) is 0 Å². The van der Waals surface area contributed by atoms with E-state index < -0.39 is 0 Å². The molecule has 1 aromatic heterocycles. The Morgan fingerprint density at radius 3 is 2.26 bits per heavy atom. The van der Waals surface area contributed by atoms with Crippen LogP contribution in [0.3, 0.4) is 0 Å². The van der Waals surface area contributed by atoms with Crippen LogP contribution in [0.25, 0.3) is 10.2 Å². The molecule has 0 saturated carbocycles. The molecule has 180 valence electrons. The van der Waals surface area contributed by atoms with Gasteiger partial charge in [-0.05, 0) is 29.3 Å². The standard InChI is InChI=1S/C28H30N4O2S/c1-34-23-12-13-24-25(20-23)35-28(30-24)32-18-16-31(17-19-32)15-14-29-27(33)26(21-8-4-2-5-9-21)22-10-6-3-7-11-22/h2-13,20,26H,14-19H2,1H3,(H,29,33). The second-order valence-corrected chi connectivity index (χ2v) is 9.71. The Balaban J connectivity index is 1.14. The molecule has 0 atom stereocenters. The highest BCUT2D eigenvalue weighted by atomic mass is 32.1. The van der Waals surface area contributed by atoms with Gasteiger partial charge in [0.1, 0.15) is 5.75 Å². The lowest BCUT2D eigenvalue weighted by Crippen LogP contribution is -2.48. The van der Waals surface area contributed by atoms with Crippen LogP contribution in [0.4, 0.5) is 5.13 Å². The molecular weight excluding hydrogens is 456 g/mol. The number of nitrogens with zero attached hydrogens (tertiary/aromatic N) is 3. The Morgan fingerprint density at radius 1 is 0.971 bits per heavy atom. The number of benzene rings is 3. The van der Waals surface area contributed by atoms with E-state index in [1.165, 1.54) is 0 Å². The number of aromatic nitrogens is 1. The fourth-order valence-corrected chi connectivity index (χ4v) is 5.59. The highest BCUT2D eigenvalue weighted by Crippen LogP contribution is 2.32. The van der Waals surface area contributed by atoms with E-state index in [0.717, 1.165) is 64.9 Å². The lowest BCUT2D eigenvalue weighted by atomic mass is 9.90. The van der Waals surface area contributed by atoms with Crippen molar-refractivity contribution >= 4 is 32.6 Å². The average molecular weight is 487 g/mol. The number of thiazole rings is 1. The molecule has 3 aromatic carbocycles. The van der Waals surface area contributed by atoms with Crippen LogP contribution in [0, 0.1) is 0 Å². The van der Waals surface area contributed by atoms with Gasteiger partial charge in [0.15, 0.2) is 5.13 Å². The van der Waals surface area contributed by atoms with Gasteiger partial charge in [-0.3, -0.25) is 9.69 Å². The number of carbonyl (C=O) groups excluding carboxylic acids is 1. The summed E-state index contributed by atoms with van der Waals surface area (Å²) in [5.74, 6) is 0.610. The van der Waals surface area contributed by atoms with E-state index in [1.54, 1.807) is 18.4 Å². The normalized spacial score (nSPS) is 14.4. The molecule has 0 bridgehead atoms. The summed E-state index contributed by atoms with van der Waals surface area (Å²) in [5.41, 5.74) is 3.04. The first-order valence-corrected chi connectivity index (χ1v) is 12.8. The fourth-order valence-electron chi connectivity index (χ4n) is 4.54. The Labute approximate surface area is 210 Å². The van der Waals surface area contributed by atoms with Gasteiger partial charge in [-0.1, -0.05) is 72.0 Å². The van der Waals surface area contributed by atoms with E-state index in [-0.39, 0.29) is 11.8 Å². The number of methoxy groups -OCH3 is 1. The van der Waals surface area contributed by atoms with Crippen LogP contribution in [0.1, 0.15) is 17.0 Å². The van der Waals surface area contributed by atoms with Gasteiger partial charge >= 0.3 is 0 Å². The van der Waals surface area contributed by atoms with Crippen LogP contribution in [0.15, 0.2) is 78.9 Å². The van der Waals surface area contributed by atoms with Crippen molar-refractivity contribution in [2.45, 2.75) is 5.92 Å². The first kappa shape index (κ1) is 23.3. The number of carbonyl (C=O) groups is 1. The predicted molar refractivity (Wildman–Crippen MR) is 143 cm³/mol. The predicted octanol–water partition coefficient (Wildman–Crippen LogP) is 4.38. The minimum absolute atomic E-state index is 0.0472. The maximum Gasteiger partial charge on any atom is 0.232 e. The Hall–Kier alpha value is -3.42. The summed E-state index contributed by atoms with van der Waals surface area (Å²) >= 11 is 1.71. The lowest BCUT2D eigenvalue weighted by molar-refractivity contribution is -0.121. The quantitative estimate of drug-likeness (QED) is 0.401. The van der Waals surface area contributed by atoms with Crippen LogP contribution < -0.4 is 15.0 Å². The zero-order chi connectivity index (χ0) is 24.0. The highest BCUT2D eigenvalue weighted by molar-refractivity contribution is 7.22. The maximum absolute atomic E-state index is 13.2. The van der Waals surface area contributed by atoms with Gasteiger partial charge in [0.2, 0.25) is 5.91 Å². The van der Waals surface area contributed by atoms with Gasteiger partial charge < -0.3 is 15.0 Å². The molecule has 35 heavy (non-hydrogen) atoms. The van der Waals surface area contributed by atoms with Crippen molar-refractivity contribution in [2.24, 2.45) is 0 Å². The second-order valence-electron chi connectivity index (χ2n) is 8.70. The van der Waals surface area contributed by atoms with Crippen LogP contribution in [-0.4, -0.2) is 62.2 Å². The van der Waals surface area contributed by atoms with Gasteiger partial charge in [0.05, 0.1) is 23.2 Å². The number of hydrogen-bond donors (Lipinski definition) is 1. The summed E-state index contributed by atoms with van der Waals surface area (Å²) in [5, 5.41) is 4.25. The molecule has 7 heteroatoms. The number of anilines is 1. The molecule has 1 amide bonds. The maximum atomic E-state index is 13.2. The molecule has 4 aromatic rings. The summed E-state index contributed by atoms with van der Waals surface area (Å²) in [6.45, 7) is 5.25. The molecular formula is C28H30N4O2S. The third kappa shape index (κ3) is 5.47. The molecule has 1 fully saturated rings. The second kappa shape index (κ2) is 10.9. The summed E-state index contributed by atoms with van der Waals surface area (Å²) in [6, 6.07) is 26.0. The van der Waals surface area contributed by atoms with Crippen LogP contribution in [0.2, 0.25) is 0 Å². The first-order chi connectivity index (χ1) is 17.2. The monoisotopic (exact) mass is 486 g/mol. The molecule has 2 heterocycles. The van der Waals surface area contributed by atoms with Crippen molar-refractivity contribution < 1.29 is 9.53 Å². The molecule has 1 aliphatic heterocycles. The van der Waals surface area contributed by atoms with Gasteiger partial charge in [-0.25, -0.2) is 4.98 Å². The minimum Gasteiger partial charge on any atom is -0.497 e. The molecule has 0 unspecified atom stereocenters. The first-order valence-electron chi connectivity index (χ1n) is 12.0. The summed E-state index contributed by atoms with van der Waals surface area (Å²) in [4.78, 5) is 22.8. The van der Waals surface area contributed by atoms with Gasteiger partial charge in [0, 0.05) is 39.3 Å². The van der Waals surface area contributed by atoms with E-state index in [9.17, 15) is 4.79 Å². The van der Waals surface area contributed by atoms with E-state index in [0.29, 0.717) is 6.54 Å². The van der Waals surface area contributed by atoms with E-state index in [4.69, 9.17) is 9.72 Å². The average Bonchev–Trinajstić information content (AvgIpc) is 3.34. The third-order valence-corrected chi connectivity index (χ3v) is 7.56. The molecule has 0 radical (unpaired) electrons. The van der Waals surface area contributed by atoms with Crippen molar-refractivity contribution in [3.05, 3.63) is 90.0 Å². The third-order valence-electron chi connectivity index (χ3n) is 6.48. The van der Waals surface area contributed by atoms with Crippen LogP contribution >= 0.6 is 11.3 Å². The Kier molecular flexibility index (Phi) is 7.25. The number of fused-ring (bicyclic) bond motifs is 1. The lowest BCUT2D eigenvalue weighted by Gasteiger charge is -2.34. The molecule has 0 spiro atoms. The van der Waals surface area contributed by atoms with Crippen molar-refractivity contribution in [2.75, 3.05) is 51.3 Å². The van der Waals surface area contributed by atoms with Crippen molar-refractivity contribution in [3.63, 3.8) is 0 Å². The smallest absolute Gasteiger partial charge is 0.232 e. The van der Waals surface area contributed by atoms with Crippen LogP contribution in [-0.2, 0) is 4.79 Å². The molecule has 6 nitrogen and oxygen atoms in total. The van der Waals surface area contributed by atoms with E-state index in [1.807, 2.05) is 78.9 Å². The zero-order valence-corrected chi connectivity index (χ0v) is 20.7. The number of nitrogens with one attached hydrogen (secondary N) is 1. The van der Waals surface area contributed by atoms with Crippen molar-refractivity contribution in [3.8, 4) is 5.75 Å². The largest absolute Gasteiger partial charge is 0.497 e. The number of ether oxygens (including phenoxy) is 1. The molecule has 1 aliphatic rings. The highest BCUT2D eigenvalue weighted by Gasteiger charge is 2.23. The number of piperazine rings is 1. The minimum atomic E-state index is -0.299. The van der Waals surface area contributed by atoms with Crippen LogP contribution in [0.5, 0.6) is 5.75 Å². The van der Waals surface area contributed by atoms with Gasteiger partial charge in [0.25, 0.3) is 0 Å². The summed E-state index contributed by atoms with van der Waals surface area (Å²) < 4.78 is 6.49. The molecule has 0 aliphatic carbocycles. The molecule has 5 rings (SSSR count). The van der Waals surface area contributed by atoms with Gasteiger partial charge in [-0.15, -0.1) is 0 Å². The summed E-state index contributed by atoms with van der Waals surface area (Å²) in [6.07, 6.45) is 0. The topological polar surface area (TPSA) is 57.7 Å². The molecule has 1 saturated heterocycles. The van der Waals surface area contributed by atoms with E-state index in [2.05, 4.69) is 15.1 Å². The zero-order valence-electron chi connectivity index (χ0n) is 19.9. The summed E-state index contributed by atoms with van der Waals surface area (Å²) in [7, 11) is 1.69. The van der Waals surface area contributed by atoms with E-state index >= 15 is 0 Å². The van der Waals surface area contributed by atoms with Crippen molar-refractivity contribution in [1.82, 2.24) is 15.2 Å². The Morgan fingerprint density at radius 2 is 1.63 bits per heavy atom. The number of hydrogen-bond acceptors (Lipinski definition) is 6. The molecule has 1 N–H and O–H groups in total. The SMILES string of the molecule is COc1ccc2nc(N3CCN(CCNC(=O)C(c4ccccc4)c4ccccc4)CC3)sc2c1.